The Hall–Kier alpha value is -3.80. The highest BCUT2D eigenvalue weighted by molar-refractivity contribution is 5.94. The molecule has 0 heterocycles. The van der Waals surface area contributed by atoms with E-state index in [1.165, 1.54) is 7.11 Å². The fraction of sp³-hybridized carbons (Fsp3) is 0.167. The van der Waals surface area contributed by atoms with E-state index in [4.69, 9.17) is 14.2 Å². The van der Waals surface area contributed by atoms with E-state index in [1.807, 2.05) is 12.1 Å². The van der Waals surface area contributed by atoms with Crippen LogP contribution >= 0.6 is 0 Å². The van der Waals surface area contributed by atoms with Crippen LogP contribution in [0.3, 0.4) is 0 Å². The number of ether oxygens (including phenoxy) is 3. The Morgan fingerprint density at radius 3 is 2.00 bits per heavy atom. The van der Waals surface area contributed by atoms with Crippen LogP contribution in [0.4, 0.5) is 0 Å². The molecule has 3 aromatic rings. The van der Waals surface area contributed by atoms with Crippen LogP contribution in [-0.4, -0.2) is 32.6 Å². The molecule has 3 aromatic carbocycles. The molecule has 6 heteroatoms. The number of esters is 1. The smallest absolute Gasteiger partial charge is 0.338 e. The molecule has 154 valence electrons. The highest BCUT2D eigenvalue weighted by atomic mass is 16.5. The van der Waals surface area contributed by atoms with E-state index in [9.17, 15) is 9.59 Å². The third-order valence-electron chi connectivity index (χ3n) is 4.52. The van der Waals surface area contributed by atoms with E-state index in [1.54, 1.807) is 73.8 Å². The van der Waals surface area contributed by atoms with Crippen molar-refractivity contribution in [2.45, 2.75) is 6.10 Å². The summed E-state index contributed by atoms with van der Waals surface area (Å²) >= 11 is 0. The molecule has 1 N–H and O–H groups in total. The van der Waals surface area contributed by atoms with Crippen molar-refractivity contribution in [1.82, 2.24) is 5.32 Å². The van der Waals surface area contributed by atoms with Crippen LogP contribution in [0.1, 0.15) is 32.4 Å². The maximum absolute atomic E-state index is 12.6. The average molecular weight is 405 g/mol. The highest BCUT2D eigenvalue weighted by Crippen LogP contribution is 2.31. The van der Waals surface area contributed by atoms with Gasteiger partial charge >= 0.3 is 5.97 Å². The Labute approximate surface area is 175 Å². The molecular weight excluding hydrogens is 382 g/mol. The van der Waals surface area contributed by atoms with Gasteiger partial charge in [-0.15, -0.1) is 0 Å². The molecule has 0 radical (unpaired) electrons. The van der Waals surface area contributed by atoms with Gasteiger partial charge in [0.05, 0.1) is 26.3 Å². The molecule has 0 aliphatic carbocycles. The lowest BCUT2D eigenvalue weighted by Crippen LogP contribution is -2.30. The number of carbonyl (C=O) groups excluding carboxylic acids is 2. The Morgan fingerprint density at radius 2 is 1.40 bits per heavy atom. The maximum atomic E-state index is 12.6. The van der Waals surface area contributed by atoms with Crippen molar-refractivity contribution in [2.75, 3.05) is 20.8 Å². The van der Waals surface area contributed by atoms with Crippen LogP contribution in [0.2, 0.25) is 0 Å². The predicted molar refractivity (Wildman–Crippen MR) is 113 cm³/mol. The van der Waals surface area contributed by atoms with Crippen LogP contribution < -0.4 is 14.8 Å². The molecular formula is C24H23NO5. The lowest BCUT2D eigenvalue weighted by molar-refractivity contribution is 0.0292. The summed E-state index contributed by atoms with van der Waals surface area (Å²) in [5.41, 5.74) is 1.63. The van der Waals surface area contributed by atoms with E-state index < -0.39 is 12.1 Å². The van der Waals surface area contributed by atoms with Crippen molar-refractivity contribution in [3.05, 3.63) is 95.6 Å². The van der Waals surface area contributed by atoms with Crippen LogP contribution in [0.5, 0.6) is 11.5 Å². The topological polar surface area (TPSA) is 73.9 Å². The van der Waals surface area contributed by atoms with Gasteiger partial charge in [0, 0.05) is 5.56 Å². The average Bonchev–Trinajstić information content (AvgIpc) is 2.82. The first-order valence-electron chi connectivity index (χ1n) is 9.43. The Morgan fingerprint density at radius 1 is 0.800 bits per heavy atom. The SMILES string of the molecule is COc1ccc([C@@H](CNC(=O)c2ccccc2)OC(=O)c2ccccc2)cc1OC. The maximum Gasteiger partial charge on any atom is 0.338 e. The van der Waals surface area contributed by atoms with Crippen LogP contribution in [-0.2, 0) is 4.74 Å². The largest absolute Gasteiger partial charge is 0.493 e. The van der Waals surface area contributed by atoms with Crippen molar-refractivity contribution in [1.29, 1.82) is 0 Å². The molecule has 0 aliphatic heterocycles. The first-order chi connectivity index (χ1) is 14.6. The van der Waals surface area contributed by atoms with Crippen molar-refractivity contribution in [3.8, 4) is 11.5 Å². The van der Waals surface area contributed by atoms with Crippen molar-refractivity contribution in [2.24, 2.45) is 0 Å². The van der Waals surface area contributed by atoms with Gasteiger partial charge in [0.1, 0.15) is 6.10 Å². The molecule has 0 saturated heterocycles. The first-order valence-corrected chi connectivity index (χ1v) is 9.43. The van der Waals surface area contributed by atoms with Gasteiger partial charge in [0.2, 0.25) is 0 Å². The van der Waals surface area contributed by atoms with Crippen molar-refractivity contribution < 1.29 is 23.8 Å². The molecule has 1 amide bonds. The summed E-state index contributed by atoms with van der Waals surface area (Å²) in [5.74, 6) is 0.328. The number of hydrogen-bond acceptors (Lipinski definition) is 5. The van der Waals surface area contributed by atoms with E-state index in [2.05, 4.69) is 5.32 Å². The first kappa shape index (κ1) is 20.9. The number of carbonyl (C=O) groups is 2. The molecule has 6 nitrogen and oxygen atoms in total. The molecule has 0 saturated carbocycles. The van der Waals surface area contributed by atoms with Gasteiger partial charge in [0.25, 0.3) is 5.91 Å². The quantitative estimate of drug-likeness (QED) is 0.573. The molecule has 3 rings (SSSR count). The highest BCUT2D eigenvalue weighted by Gasteiger charge is 2.21. The lowest BCUT2D eigenvalue weighted by Gasteiger charge is -2.20. The second-order valence-corrected chi connectivity index (χ2v) is 6.45. The lowest BCUT2D eigenvalue weighted by atomic mass is 10.1. The number of hydrogen-bond donors (Lipinski definition) is 1. The molecule has 0 bridgehead atoms. The predicted octanol–water partition coefficient (Wildman–Crippen LogP) is 4.03. The molecule has 0 spiro atoms. The normalized spacial score (nSPS) is 11.3. The van der Waals surface area contributed by atoms with Gasteiger partial charge in [0.15, 0.2) is 11.5 Å². The zero-order valence-corrected chi connectivity index (χ0v) is 16.8. The number of amides is 1. The van der Waals surface area contributed by atoms with Crippen LogP contribution in [0.25, 0.3) is 0 Å². The monoisotopic (exact) mass is 405 g/mol. The van der Waals surface area contributed by atoms with Gasteiger partial charge in [-0.1, -0.05) is 42.5 Å². The van der Waals surface area contributed by atoms with Gasteiger partial charge in [-0.05, 0) is 42.0 Å². The summed E-state index contributed by atoms with van der Waals surface area (Å²) in [5, 5.41) is 2.83. The Bertz CT molecular complexity index is 989. The number of nitrogens with one attached hydrogen (secondary N) is 1. The van der Waals surface area contributed by atoms with Crippen molar-refractivity contribution in [3.63, 3.8) is 0 Å². The summed E-state index contributed by atoms with van der Waals surface area (Å²) in [7, 11) is 3.08. The summed E-state index contributed by atoms with van der Waals surface area (Å²) in [4.78, 5) is 25.1. The van der Waals surface area contributed by atoms with E-state index in [-0.39, 0.29) is 12.5 Å². The third-order valence-corrected chi connectivity index (χ3v) is 4.52. The number of benzene rings is 3. The molecule has 0 unspecified atom stereocenters. The zero-order chi connectivity index (χ0) is 21.3. The second kappa shape index (κ2) is 10.1. The number of methoxy groups -OCH3 is 2. The van der Waals surface area contributed by atoms with Gasteiger partial charge in [-0.25, -0.2) is 4.79 Å². The van der Waals surface area contributed by atoms with Crippen LogP contribution in [0.15, 0.2) is 78.9 Å². The third kappa shape index (κ3) is 5.17. The summed E-state index contributed by atoms with van der Waals surface area (Å²) in [6.07, 6.45) is -0.717. The number of rotatable bonds is 8. The summed E-state index contributed by atoms with van der Waals surface area (Å²) in [6, 6.07) is 22.8. The Balaban J connectivity index is 1.82. The minimum atomic E-state index is -0.717. The summed E-state index contributed by atoms with van der Waals surface area (Å²) in [6.45, 7) is 0.0990. The minimum Gasteiger partial charge on any atom is -0.493 e. The molecule has 1 atom stereocenters. The van der Waals surface area contributed by atoms with Gasteiger partial charge in [-0.3, -0.25) is 4.79 Å². The molecule has 0 aliphatic rings. The standard InChI is InChI=1S/C24H23NO5/c1-28-20-14-13-19(15-21(20)29-2)22(30-24(27)18-11-7-4-8-12-18)16-25-23(26)17-9-5-3-6-10-17/h3-15,22H,16H2,1-2H3,(H,25,26)/t22-/m1/s1. The van der Waals surface area contributed by atoms with E-state index in [0.29, 0.717) is 28.2 Å². The molecule has 0 fully saturated rings. The summed E-state index contributed by atoms with van der Waals surface area (Å²) < 4.78 is 16.4. The fourth-order valence-corrected chi connectivity index (χ4v) is 2.93. The van der Waals surface area contributed by atoms with Crippen molar-refractivity contribution >= 4 is 11.9 Å². The zero-order valence-electron chi connectivity index (χ0n) is 16.8. The molecule has 30 heavy (non-hydrogen) atoms. The van der Waals surface area contributed by atoms with Crippen LogP contribution in [0, 0.1) is 0 Å². The Kier molecular flexibility index (Phi) is 7.05. The van der Waals surface area contributed by atoms with Gasteiger partial charge in [-0.2, -0.15) is 0 Å². The van der Waals surface area contributed by atoms with E-state index in [0.717, 1.165) is 0 Å². The second-order valence-electron chi connectivity index (χ2n) is 6.45. The fourth-order valence-electron chi connectivity index (χ4n) is 2.93. The van der Waals surface area contributed by atoms with Gasteiger partial charge < -0.3 is 19.5 Å². The van der Waals surface area contributed by atoms with E-state index >= 15 is 0 Å². The molecule has 0 aromatic heterocycles. The minimum absolute atomic E-state index is 0.0990.